The van der Waals surface area contributed by atoms with Crippen LogP contribution in [0.3, 0.4) is 0 Å². The van der Waals surface area contributed by atoms with Crippen LogP contribution in [-0.4, -0.2) is 22.3 Å². The van der Waals surface area contributed by atoms with Crippen LogP contribution in [0.2, 0.25) is 0 Å². The first-order valence-electron chi connectivity index (χ1n) is 7.39. The monoisotopic (exact) mass is 335 g/mol. The van der Waals surface area contributed by atoms with Crippen LogP contribution in [-0.2, 0) is 11.3 Å². The molecule has 0 bridgehead atoms. The summed E-state index contributed by atoms with van der Waals surface area (Å²) in [6.45, 7) is 2.92. The Hall–Kier alpha value is -2.62. The number of amides is 1. The van der Waals surface area contributed by atoms with Gasteiger partial charge in [-0.25, -0.2) is 4.68 Å². The number of halogens is 2. The van der Waals surface area contributed by atoms with Crippen molar-refractivity contribution in [2.45, 2.75) is 40.3 Å². The van der Waals surface area contributed by atoms with Gasteiger partial charge in [0.2, 0.25) is 5.91 Å². The second-order valence-electron chi connectivity index (χ2n) is 6.53. The number of anilines is 1. The van der Waals surface area contributed by atoms with Crippen LogP contribution in [0.15, 0.2) is 18.2 Å². The number of carbonyl (C=O) groups is 1. The lowest BCUT2D eigenvalue weighted by molar-refractivity contribution is -0.117. The molecule has 1 amide bonds. The van der Waals surface area contributed by atoms with E-state index in [1.807, 2.05) is 20.8 Å². The standard InChI is InChI=1S/C17H19F2N3O2/c1-5-9-22-14-11(7-6-8-12(14)24-16(18)19)15(21-22)20-13(23)10-17(2,3)4/h1,6-8,16H,9-10H2,2-4H3,(H,20,21,23). The number of hydrogen-bond donors (Lipinski definition) is 1. The summed E-state index contributed by atoms with van der Waals surface area (Å²) in [5, 5.41) is 7.44. The molecule has 0 atom stereocenters. The topological polar surface area (TPSA) is 56.2 Å². The molecule has 1 aromatic heterocycles. The minimum Gasteiger partial charge on any atom is -0.433 e. The summed E-state index contributed by atoms with van der Waals surface area (Å²) in [6.07, 6.45) is 5.60. The molecule has 0 radical (unpaired) electrons. The van der Waals surface area contributed by atoms with Gasteiger partial charge < -0.3 is 10.1 Å². The zero-order valence-corrected chi connectivity index (χ0v) is 13.8. The molecular weight excluding hydrogens is 316 g/mol. The highest BCUT2D eigenvalue weighted by Gasteiger charge is 2.21. The largest absolute Gasteiger partial charge is 0.433 e. The van der Waals surface area contributed by atoms with Crippen LogP contribution in [0.25, 0.3) is 10.9 Å². The molecule has 0 aliphatic rings. The number of hydrogen-bond acceptors (Lipinski definition) is 3. The second kappa shape index (κ2) is 6.87. The van der Waals surface area contributed by atoms with E-state index in [9.17, 15) is 13.6 Å². The molecule has 0 saturated carbocycles. The Kier molecular flexibility index (Phi) is 5.07. The van der Waals surface area contributed by atoms with Gasteiger partial charge in [-0.2, -0.15) is 13.9 Å². The predicted octanol–water partition coefficient (Wildman–Crippen LogP) is 3.65. The van der Waals surface area contributed by atoms with Crippen molar-refractivity contribution in [3.05, 3.63) is 18.2 Å². The fourth-order valence-corrected chi connectivity index (χ4v) is 2.35. The third-order valence-corrected chi connectivity index (χ3v) is 3.14. The number of fused-ring (bicyclic) bond motifs is 1. The summed E-state index contributed by atoms with van der Waals surface area (Å²) in [7, 11) is 0. The quantitative estimate of drug-likeness (QED) is 0.849. The zero-order chi connectivity index (χ0) is 17.9. The molecule has 2 aromatic rings. The lowest BCUT2D eigenvalue weighted by Crippen LogP contribution is -2.20. The molecule has 0 fully saturated rings. The van der Waals surface area contributed by atoms with Crippen LogP contribution in [0.4, 0.5) is 14.6 Å². The Morgan fingerprint density at radius 3 is 2.75 bits per heavy atom. The first kappa shape index (κ1) is 17.7. The number of nitrogens with one attached hydrogen (secondary N) is 1. The molecule has 2 rings (SSSR count). The second-order valence-corrected chi connectivity index (χ2v) is 6.53. The SMILES string of the molecule is C#CCn1nc(NC(=O)CC(C)(C)C)c2cccc(OC(F)F)c21. The molecule has 24 heavy (non-hydrogen) atoms. The number of aromatic nitrogens is 2. The number of nitrogens with zero attached hydrogens (tertiary/aromatic N) is 2. The van der Waals surface area contributed by atoms with Gasteiger partial charge in [0.15, 0.2) is 11.6 Å². The van der Waals surface area contributed by atoms with Crippen molar-refractivity contribution in [2.75, 3.05) is 5.32 Å². The van der Waals surface area contributed by atoms with E-state index in [-0.39, 0.29) is 29.4 Å². The lowest BCUT2D eigenvalue weighted by atomic mass is 9.92. The summed E-state index contributed by atoms with van der Waals surface area (Å²) >= 11 is 0. The Labute approximate surface area is 139 Å². The highest BCUT2D eigenvalue weighted by atomic mass is 19.3. The Balaban J connectivity index is 2.45. The molecule has 0 unspecified atom stereocenters. The van der Waals surface area contributed by atoms with E-state index < -0.39 is 6.61 Å². The maximum Gasteiger partial charge on any atom is 0.387 e. The molecule has 1 N–H and O–H groups in total. The van der Waals surface area contributed by atoms with E-state index in [1.165, 1.54) is 10.7 Å². The van der Waals surface area contributed by atoms with E-state index in [4.69, 9.17) is 6.42 Å². The van der Waals surface area contributed by atoms with Crippen LogP contribution in [0, 0.1) is 17.8 Å². The average Bonchev–Trinajstić information content (AvgIpc) is 2.75. The molecule has 0 aliphatic heterocycles. The normalized spacial score (nSPS) is 11.5. The molecule has 5 nitrogen and oxygen atoms in total. The molecule has 7 heteroatoms. The summed E-state index contributed by atoms with van der Waals surface area (Å²) in [5.41, 5.74) is 0.132. The predicted molar refractivity (Wildman–Crippen MR) is 87.9 cm³/mol. The van der Waals surface area contributed by atoms with Gasteiger partial charge in [-0.3, -0.25) is 4.79 Å². The lowest BCUT2D eigenvalue weighted by Gasteiger charge is -2.16. The number of ether oxygens (including phenoxy) is 1. The van der Waals surface area contributed by atoms with Crippen molar-refractivity contribution in [3.63, 3.8) is 0 Å². The Bertz CT molecular complexity index is 785. The van der Waals surface area contributed by atoms with Crippen molar-refractivity contribution < 1.29 is 18.3 Å². The van der Waals surface area contributed by atoms with Crippen molar-refractivity contribution in [1.82, 2.24) is 9.78 Å². The Morgan fingerprint density at radius 1 is 1.46 bits per heavy atom. The van der Waals surface area contributed by atoms with Crippen LogP contribution >= 0.6 is 0 Å². The van der Waals surface area contributed by atoms with Gasteiger partial charge in [0.25, 0.3) is 0 Å². The van der Waals surface area contributed by atoms with Gasteiger partial charge in [0, 0.05) is 11.8 Å². The number of para-hydroxylation sites is 1. The number of alkyl halides is 2. The van der Waals surface area contributed by atoms with Crippen LogP contribution in [0.5, 0.6) is 5.75 Å². The number of carbonyl (C=O) groups excluding carboxylic acids is 1. The van der Waals surface area contributed by atoms with E-state index in [1.54, 1.807) is 12.1 Å². The molecule has 128 valence electrons. The van der Waals surface area contributed by atoms with Gasteiger partial charge in [-0.05, 0) is 17.5 Å². The molecule has 1 heterocycles. The summed E-state index contributed by atoms with van der Waals surface area (Å²) in [5.74, 6) is 2.43. The number of benzene rings is 1. The number of terminal acetylenes is 1. The van der Waals surface area contributed by atoms with Crippen molar-refractivity contribution in [2.24, 2.45) is 5.41 Å². The fraction of sp³-hybridized carbons (Fsp3) is 0.412. The van der Waals surface area contributed by atoms with Gasteiger partial charge in [0.05, 0.1) is 0 Å². The highest BCUT2D eigenvalue weighted by molar-refractivity contribution is 6.01. The maximum absolute atomic E-state index is 12.6. The minimum atomic E-state index is -2.97. The van der Waals surface area contributed by atoms with Gasteiger partial charge in [0.1, 0.15) is 12.1 Å². The average molecular weight is 335 g/mol. The third kappa shape index (κ3) is 4.22. The highest BCUT2D eigenvalue weighted by Crippen LogP contribution is 2.32. The Morgan fingerprint density at radius 2 is 2.17 bits per heavy atom. The minimum absolute atomic E-state index is 0.0402. The van der Waals surface area contributed by atoms with Gasteiger partial charge in [-0.1, -0.05) is 32.8 Å². The van der Waals surface area contributed by atoms with Gasteiger partial charge in [-0.15, -0.1) is 6.42 Å². The molecule has 0 spiro atoms. The van der Waals surface area contributed by atoms with Crippen molar-refractivity contribution in [1.29, 1.82) is 0 Å². The fourth-order valence-electron chi connectivity index (χ4n) is 2.35. The molecule has 1 aromatic carbocycles. The smallest absolute Gasteiger partial charge is 0.387 e. The summed E-state index contributed by atoms with van der Waals surface area (Å²) in [4.78, 5) is 12.1. The summed E-state index contributed by atoms with van der Waals surface area (Å²) in [6, 6.07) is 4.63. The van der Waals surface area contributed by atoms with Crippen molar-refractivity contribution >= 4 is 22.6 Å². The van der Waals surface area contributed by atoms with E-state index in [0.717, 1.165) is 0 Å². The third-order valence-electron chi connectivity index (χ3n) is 3.14. The first-order chi connectivity index (χ1) is 11.2. The van der Waals surface area contributed by atoms with Crippen LogP contribution < -0.4 is 10.1 Å². The van der Waals surface area contributed by atoms with E-state index in [2.05, 4.69) is 21.1 Å². The van der Waals surface area contributed by atoms with Crippen LogP contribution in [0.1, 0.15) is 27.2 Å². The maximum atomic E-state index is 12.6. The molecule has 0 saturated heterocycles. The molecule has 0 aliphatic carbocycles. The first-order valence-corrected chi connectivity index (χ1v) is 7.39. The number of rotatable bonds is 5. The van der Waals surface area contributed by atoms with E-state index in [0.29, 0.717) is 17.3 Å². The van der Waals surface area contributed by atoms with Gasteiger partial charge >= 0.3 is 6.61 Å². The molecular formula is C17H19F2N3O2. The zero-order valence-electron chi connectivity index (χ0n) is 13.8. The summed E-state index contributed by atoms with van der Waals surface area (Å²) < 4.78 is 31.1. The van der Waals surface area contributed by atoms with Crippen molar-refractivity contribution in [3.8, 4) is 18.1 Å². The van der Waals surface area contributed by atoms with E-state index >= 15 is 0 Å².